The lowest BCUT2D eigenvalue weighted by atomic mass is 10.1. The Kier molecular flexibility index (Phi) is 3.21. The lowest BCUT2D eigenvalue weighted by Crippen LogP contribution is -2.11. The van der Waals surface area contributed by atoms with Crippen LogP contribution in [0.5, 0.6) is 0 Å². The summed E-state index contributed by atoms with van der Waals surface area (Å²) in [7, 11) is 1.43. The van der Waals surface area contributed by atoms with E-state index in [0.717, 1.165) is 18.5 Å². The van der Waals surface area contributed by atoms with Crippen molar-refractivity contribution in [1.82, 2.24) is 9.97 Å². The molecule has 88 valence electrons. The van der Waals surface area contributed by atoms with Gasteiger partial charge in [-0.15, -0.1) is 0 Å². The minimum atomic E-state index is -0.0846. The number of aromatic nitrogens is 2. The van der Waals surface area contributed by atoms with E-state index in [1.165, 1.54) is 7.11 Å². The van der Waals surface area contributed by atoms with Crippen LogP contribution in [-0.4, -0.2) is 40.8 Å². The normalized spacial score (nSPS) is 24.6. The Hall–Kier alpha value is -1.40. The van der Waals surface area contributed by atoms with Gasteiger partial charge in [0.25, 0.3) is 0 Å². The number of ether oxygens (including phenoxy) is 2. The van der Waals surface area contributed by atoms with Crippen LogP contribution in [0.25, 0.3) is 0 Å². The molecule has 1 saturated heterocycles. The molecular weight excluding hydrogens is 210 g/mol. The molecule has 1 aliphatic rings. The van der Waals surface area contributed by atoms with Crippen LogP contribution in [0.1, 0.15) is 30.5 Å². The highest BCUT2D eigenvalue weighted by Crippen LogP contribution is 2.31. The number of aromatic amines is 1. The molecule has 1 aromatic heterocycles. The number of imidazole rings is 1. The smallest absolute Gasteiger partial charge is 0.249 e. The number of aliphatic hydroxyl groups is 1. The van der Waals surface area contributed by atoms with Crippen LogP contribution in [0.3, 0.4) is 0 Å². The number of methoxy groups -OCH3 is 1. The van der Waals surface area contributed by atoms with Crippen LogP contribution in [0, 0.1) is 5.41 Å². The van der Waals surface area contributed by atoms with Gasteiger partial charge in [-0.05, 0) is 12.8 Å². The molecule has 0 aliphatic carbocycles. The van der Waals surface area contributed by atoms with Crippen molar-refractivity contribution < 1.29 is 14.6 Å². The molecule has 1 aromatic rings. The number of aliphatic hydroxyl groups excluding tert-OH is 1. The molecule has 6 heteroatoms. The maximum absolute atomic E-state index is 8.96. The van der Waals surface area contributed by atoms with Crippen LogP contribution in [0.2, 0.25) is 0 Å². The molecule has 0 spiro atoms. The molecule has 0 aromatic carbocycles. The average Bonchev–Trinajstić information content (AvgIpc) is 2.95. The Morgan fingerprint density at radius 2 is 2.56 bits per heavy atom. The summed E-state index contributed by atoms with van der Waals surface area (Å²) < 4.78 is 10.4. The van der Waals surface area contributed by atoms with Crippen molar-refractivity contribution in [3.05, 3.63) is 17.7 Å². The van der Waals surface area contributed by atoms with Gasteiger partial charge in [0, 0.05) is 0 Å². The van der Waals surface area contributed by atoms with Gasteiger partial charge >= 0.3 is 0 Å². The second-order valence-corrected chi connectivity index (χ2v) is 3.73. The molecule has 1 aliphatic heterocycles. The van der Waals surface area contributed by atoms with Crippen molar-refractivity contribution in [3.63, 3.8) is 0 Å². The fourth-order valence-corrected chi connectivity index (χ4v) is 1.78. The Morgan fingerprint density at radius 3 is 3.19 bits per heavy atom. The van der Waals surface area contributed by atoms with E-state index in [9.17, 15) is 0 Å². The summed E-state index contributed by atoms with van der Waals surface area (Å²) >= 11 is 0. The van der Waals surface area contributed by atoms with Crippen molar-refractivity contribution in [2.45, 2.75) is 25.0 Å². The quantitative estimate of drug-likeness (QED) is 0.518. The van der Waals surface area contributed by atoms with E-state index >= 15 is 0 Å². The summed E-state index contributed by atoms with van der Waals surface area (Å²) in [6, 6.07) is 0. The van der Waals surface area contributed by atoms with Crippen molar-refractivity contribution >= 4 is 5.90 Å². The third-order valence-corrected chi connectivity index (χ3v) is 2.67. The van der Waals surface area contributed by atoms with Gasteiger partial charge in [0.1, 0.15) is 0 Å². The SMILES string of the molecule is COC(=N)c1ncc([C@H]2CC[C@@H](CO)O2)[nH]1. The third-order valence-electron chi connectivity index (χ3n) is 2.67. The van der Waals surface area contributed by atoms with E-state index < -0.39 is 0 Å². The minimum absolute atomic E-state index is 0.00274. The lowest BCUT2D eigenvalue weighted by molar-refractivity contribution is 0.00938. The number of nitrogens with one attached hydrogen (secondary N) is 2. The average molecular weight is 225 g/mol. The summed E-state index contributed by atoms with van der Waals surface area (Å²) in [6.07, 6.45) is 3.19. The molecule has 0 saturated carbocycles. The second kappa shape index (κ2) is 4.63. The fraction of sp³-hybridized carbons (Fsp3) is 0.600. The highest BCUT2D eigenvalue weighted by atomic mass is 16.5. The predicted octanol–water partition coefficient (Wildman–Crippen LogP) is 0.594. The molecule has 0 amide bonds. The summed E-state index contributed by atoms with van der Waals surface area (Å²) in [5, 5.41) is 16.4. The minimum Gasteiger partial charge on any atom is -0.479 e. The first kappa shape index (κ1) is 11.1. The molecule has 6 nitrogen and oxygen atoms in total. The molecule has 3 N–H and O–H groups in total. The first-order valence-corrected chi connectivity index (χ1v) is 5.18. The van der Waals surface area contributed by atoms with E-state index in [4.69, 9.17) is 20.0 Å². The molecule has 0 bridgehead atoms. The molecule has 2 rings (SSSR count). The first-order valence-electron chi connectivity index (χ1n) is 5.18. The molecular formula is C10H15N3O3. The summed E-state index contributed by atoms with van der Waals surface area (Å²) in [6.45, 7) is 0.0470. The molecule has 0 radical (unpaired) electrons. The highest BCUT2D eigenvalue weighted by molar-refractivity contribution is 5.87. The zero-order valence-electron chi connectivity index (χ0n) is 9.06. The lowest BCUT2D eigenvalue weighted by Gasteiger charge is -2.09. The van der Waals surface area contributed by atoms with Gasteiger partial charge in [-0.2, -0.15) is 0 Å². The number of nitrogens with zero attached hydrogens (tertiary/aromatic N) is 1. The largest absolute Gasteiger partial charge is 0.479 e. The maximum Gasteiger partial charge on any atom is 0.249 e. The van der Waals surface area contributed by atoms with Gasteiger partial charge in [0.05, 0.1) is 37.8 Å². The maximum atomic E-state index is 8.96. The molecule has 2 atom stereocenters. The molecule has 0 unspecified atom stereocenters. The van der Waals surface area contributed by atoms with E-state index in [0.29, 0.717) is 5.82 Å². The van der Waals surface area contributed by atoms with Crippen molar-refractivity contribution in [3.8, 4) is 0 Å². The highest BCUT2D eigenvalue weighted by Gasteiger charge is 2.27. The van der Waals surface area contributed by atoms with Gasteiger partial charge in [-0.1, -0.05) is 0 Å². The topological polar surface area (TPSA) is 91.2 Å². The number of hydrogen-bond donors (Lipinski definition) is 3. The van der Waals surface area contributed by atoms with Crippen LogP contribution >= 0.6 is 0 Å². The van der Waals surface area contributed by atoms with Crippen molar-refractivity contribution in [1.29, 1.82) is 5.41 Å². The Labute approximate surface area is 93.1 Å². The Morgan fingerprint density at radius 1 is 1.75 bits per heavy atom. The third kappa shape index (κ3) is 2.07. The second-order valence-electron chi connectivity index (χ2n) is 3.73. The van der Waals surface area contributed by atoms with E-state index in [1.807, 2.05) is 0 Å². The number of rotatable bonds is 3. The van der Waals surface area contributed by atoms with Gasteiger partial charge in [-0.25, -0.2) is 4.98 Å². The van der Waals surface area contributed by atoms with Crippen LogP contribution < -0.4 is 0 Å². The standard InChI is InChI=1S/C10H15N3O3/c1-15-9(11)10-12-4-7(13-10)8-3-2-6(5-14)16-8/h4,6,8,11,14H,2-3,5H2,1H3,(H,12,13)/t6-,8+/m0/s1. The number of hydrogen-bond acceptors (Lipinski definition) is 5. The predicted molar refractivity (Wildman–Crippen MR) is 56.4 cm³/mol. The summed E-state index contributed by atoms with van der Waals surface area (Å²) in [5.74, 6) is 0.400. The molecule has 2 heterocycles. The Bertz CT molecular complexity index is 377. The van der Waals surface area contributed by atoms with Crippen LogP contribution in [-0.2, 0) is 9.47 Å². The van der Waals surface area contributed by atoms with Gasteiger partial charge in [0.15, 0.2) is 5.82 Å². The fourth-order valence-electron chi connectivity index (χ4n) is 1.78. The van der Waals surface area contributed by atoms with Gasteiger partial charge in [-0.3, -0.25) is 5.41 Å². The molecule has 16 heavy (non-hydrogen) atoms. The number of H-pyrrole nitrogens is 1. The van der Waals surface area contributed by atoms with Crippen LogP contribution in [0.4, 0.5) is 0 Å². The van der Waals surface area contributed by atoms with E-state index in [-0.39, 0.29) is 24.7 Å². The zero-order chi connectivity index (χ0) is 11.5. The Balaban J connectivity index is 2.05. The van der Waals surface area contributed by atoms with E-state index in [1.54, 1.807) is 6.20 Å². The monoisotopic (exact) mass is 225 g/mol. The van der Waals surface area contributed by atoms with E-state index in [2.05, 4.69) is 9.97 Å². The summed E-state index contributed by atoms with van der Waals surface area (Å²) in [5.41, 5.74) is 0.827. The van der Waals surface area contributed by atoms with Crippen LogP contribution in [0.15, 0.2) is 6.20 Å². The van der Waals surface area contributed by atoms with Gasteiger partial charge < -0.3 is 19.6 Å². The zero-order valence-corrected chi connectivity index (χ0v) is 9.06. The summed E-state index contributed by atoms with van der Waals surface area (Å²) in [4.78, 5) is 7.02. The molecule has 1 fully saturated rings. The first-order chi connectivity index (χ1) is 7.74. The van der Waals surface area contributed by atoms with Crippen molar-refractivity contribution in [2.24, 2.45) is 0 Å². The van der Waals surface area contributed by atoms with Crippen molar-refractivity contribution in [2.75, 3.05) is 13.7 Å². The van der Waals surface area contributed by atoms with Gasteiger partial charge in [0.2, 0.25) is 5.90 Å².